The lowest BCUT2D eigenvalue weighted by molar-refractivity contribution is -0.139. The molecule has 0 aliphatic rings. The van der Waals surface area contributed by atoms with Crippen molar-refractivity contribution in [2.45, 2.75) is 19.4 Å². The topological polar surface area (TPSA) is 145 Å². The highest BCUT2D eigenvalue weighted by atomic mass is 32.2. The van der Waals surface area contributed by atoms with Gasteiger partial charge in [-0.3, -0.25) is 0 Å². The molecule has 0 saturated heterocycles. The molecule has 112 valence electrons. The fourth-order valence-electron chi connectivity index (χ4n) is 1.19. The zero-order valence-electron chi connectivity index (χ0n) is 10.5. The lowest BCUT2D eigenvalue weighted by Crippen LogP contribution is -2.47. The van der Waals surface area contributed by atoms with Crippen LogP contribution in [0.25, 0.3) is 0 Å². The SMILES string of the molecule is CCNS(=O)(=O)CCNC(=O)N[C@@H](CCO)C(=O)O. The number of nitrogens with one attached hydrogen (secondary N) is 3. The van der Waals surface area contributed by atoms with Gasteiger partial charge in [-0.05, 0) is 0 Å². The summed E-state index contributed by atoms with van der Waals surface area (Å²) in [5.74, 6) is -1.57. The van der Waals surface area contributed by atoms with Crippen molar-refractivity contribution in [3.63, 3.8) is 0 Å². The van der Waals surface area contributed by atoms with Gasteiger partial charge in [-0.25, -0.2) is 22.7 Å². The molecule has 0 bridgehead atoms. The van der Waals surface area contributed by atoms with E-state index in [-0.39, 0.29) is 31.9 Å². The van der Waals surface area contributed by atoms with Gasteiger partial charge in [0.05, 0.1) is 5.75 Å². The molecule has 0 radical (unpaired) electrons. The highest BCUT2D eigenvalue weighted by Crippen LogP contribution is 1.91. The van der Waals surface area contributed by atoms with Gasteiger partial charge in [0.2, 0.25) is 10.0 Å². The lowest BCUT2D eigenvalue weighted by atomic mass is 10.2. The molecular weight excluding hydrogens is 278 g/mol. The zero-order valence-corrected chi connectivity index (χ0v) is 11.4. The van der Waals surface area contributed by atoms with Crippen molar-refractivity contribution in [2.75, 3.05) is 25.4 Å². The van der Waals surface area contributed by atoms with Crippen LogP contribution >= 0.6 is 0 Å². The van der Waals surface area contributed by atoms with E-state index in [2.05, 4.69) is 15.4 Å². The maximum Gasteiger partial charge on any atom is 0.326 e. The molecule has 2 amide bonds. The van der Waals surface area contributed by atoms with Crippen LogP contribution in [-0.2, 0) is 14.8 Å². The predicted octanol–water partition coefficient (Wildman–Crippen LogP) is -1.94. The first-order valence-electron chi connectivity index (χ1n) is 5.67. The summed E-state index contributed by atoms with van der Waals surface area (Å²) >= 11 is 0. The molecule has 10 heteroatoms. The van der Waals surface area contributed by atoms with Crippen molar-refractivity contribution < 1.29 is 28.2 Å². The van der Waals surface area contributed by atoms with Gasteiger partial charge in [0.1, 0.15) is 6.04 Å². The van der Waals surface area contributed by atoms with Gasteiger partial charge in [-0.15, -0.1) is 0 Å². The number of hydrogen-bond donors (Lipinski definition) is 5. The number of sulfonamides is 1. The molecule has 0 spiro atoms. The van der Waals surface area contributed by atoms with E-state index in [9.17, 15) is 18.0 Å². The van der Waals surface area contributed by atoms with Gasteiger partial charge in [-0.2, -0.15) is 0 Å². The predicted molar refractivity (Wildman–Crippen MR) is 67.1 cm³/mol. The fraction of sp³-hybridized carbons (Fsp3) is 0.778. The molecule has 0 rings (SSSR count). The Hall–Kier alpha value is -1.39. The second-order valence-corrected chi connectivity index (χ2v) is 5.55. The number of carboxylic acids is 1. The van der Waals surface area contributed by atoms with Crippen LogP contribution in [0.5, 0.6) is 0 Å². The Morgan fingerprint density at radius 3 is 2.42 bits per heavy atom. The van der Waals surface area contributed by atoms with E-state index in [0.29, 0.717) is 0 Å². The van der Waals surface area contributed by atoms with E-state index < -0.39 is 28.1 Å². The average molecular weight is 297 g/mol. The van der Waals surface area contributed by atoms with Gasteiger partial charge in [0, 0.05) is 26.1 Å². The molecule has 9 nitrogen and oxygen atoms in total. The first kappa shape index (κ1) is 17.6. The molecule has 0 heterocycles. The third-order valence-corrected chi connectivity index (χ3v) is 3.51. The van der Waals surface area contributed by atoms with Crippen molar-refractivity contribution in [3.8, 4) is 0 Å². The maximum absolute atomic E-state index is 11.3. The Kier molecular flexibility index (Phi) is 8.03. The van der Waals surface area contributed by atoms with E-state index in [1.54, 1.807) is 6.92 Å². The number of carbonyl (C=O) groups excluding carboxylic acids is 1. The first-order chi connectivity index (χ1) is 8.82. The van der Waals surface area contributed by atoms with E-state index >= 15 is 0 Å². The van der Waals surface area contributed by atoms with E-state index in [0.717, 1.165) is 0 Å². The molecule has 0 fully saturated rings. The number of aliphatic carboxylic acids is 1. The summed E-state index contributed by atoms with van der Waals surface area (Å²) in [6.07, 6.45) is -0.127. The van der Waals surface area contributed by atoms with Gasteiger partial charge in [-0.1, -0.05) is 6.92 Å². The summed E-state index contributed by atoms with van der Waals surface area (Å²) in [7, 11) is -3.43. The summed E-state index contributed by atoms with van der Waals surface area (Å²) in [5.41, 5.74) is 0. The molecule has 0 aromatic heterocycles. The third kappa shape index (κ3) is 8.35. The molecule has 1 atom stereocenters. The molecule has 0 aliphatic heterocycles. The number of hydrogen-bond acceptors (Lipinski definition) is 5. The number of amides is 2. The first-order valence-corrected chi connectivity index (χ1v) is 7.33. The van der Waals surface area contributed by atoms with E-state index in [4.69, 9.17) is 10.2 Å². The molecule has 19 heavy (non-hydrogen) atoms. The van der Waals surface area contributed by atoms with Crippen LogP contribution < -0.4 is 15.4 Å². The minimum Gasteiger partial charge on any atom is -0.480 e. The van der Waals surface area contributed by atoms with Crippen molar-refractivity contribution >= 4 is 22.0 Å². The molecule has 0 aromatic carbocycles. The van der Waals surface area contributed by atoms with Crippen molar-refractivity contribution in [3.05, 3.63) is 0 Å². The average Bonchev–Trinajstić information content (AvgIpc) is 2.27. The summed E-state index contributed by atoms with van der Waals surface area (Å²) in [6, 6.07) is -2.01. The maximum atomic E-state index is 11.3. The molecule has 0 saturated carbocycles. The highest BCUT2D eigenvalue weighted by Gasteiger charge is 2.19. The number of rotatable bonds is 9. The molecule has 0 aromatic rings. The lowest BCUT2D eigenvalue weighted by Gasteiger charge is -2.14. The van der Waals surface area contributed by atoms with Crippen molar-refractivity contribution in [1.29, 1.82) is 0 Å². The molecule has 5 N–H and O–H groups in total. The summed E-state index contributed by atoms with van der Waals surface area (Å²) < 4.78 is 24.7. The minimum absolute atomic E-state index is 0.127. The van der Waals surface area contributed by atoms with E-state index in [1.165, 1.54) is 0 Å². The van der Waals surface area contributed by atoms with E-state index in [1.807, 2.05) is 0 Å². The van der Waals surface area contributed by atoms with Crippen molar-refractivity contribution in [1.82, 2.24) is 15.4 Å². The summed E-state index contributed by atoms with van der Waals surface area (Å²) in [4.78, 5) is 22.0. The van der Waals surface area contributed by atoms with Gasteiger partial charge >= 0.3 is 12.0 Å². The van der Waals surface area contributed by atoms with Gasteiger partial charge in [0.15, 0.2) is 0 Å². The molecule has 0 unspecified atom stereocenters. The number of carbonyl (C=O) groups is 2. The van der Waals surface area contributed by atoms with Gasteiger partial charge in [0.25, 0.3) is 0 Å². The normalized spacial score (nSPS) is 12.7. The fourth-order valence-corrected chi connectivity index (χ4v) is 2.14. The highest BCUT2D eigenvalue weighted by molar-refractivity contribution is 7.89. The number of carboxylic acid groups (broad SMARTS) is 1. The van der Waals surface area contributed by atoms with Gasteiger partial charge < -0.3 is 20.8 Å². The summed E-state index contributed by atoms with van der Waals surface area (Å²) in [5, 5.41) is 21.7. The number of aliphatic hydroxyl groups is 1. The smallest absolute Gasteiger partial charge is 0.326 e. The quantitative estimate of drug-likeness (QED) is 0.335. The molecule has 0 aliphatic carbocycles. The largest absolute Gasteiger partial charge is 0.480 e. The van der Waals surface area contributed by atoms with Crippen LogP contribution in [0.3, 0.4) is 0 Å². The van der Waals surface area contributed by atoms with Crippen LogP contribution in [0.15, 0.2) is 0 Å². The van der Waals surface area contributed by atoms with Crippen LogP contribution in [0.2, 0.25) is 0 Å². The molecular formula is C9H19N3O6S. The minimum atomic E-state index is -3.43. The Balaban J connectivity index is 4.08. The number of urea groups is 1. The Morgan fingerprint density at radius 2 is 1.95 bits per heavy atom. The van der Waals surface area contributed by atoms with Crippen LogP contribution in [-0.4, -0.2) is 62.1 Å². The monoisotopic (exact) mass is 297 g/mol. The van der Waals surface area contributed by atoms with Crippen molar-refractivity contribution in [2.24, 2.45) is 0 Å². The van der Waals surface area contributed by atoms with Crippen LogP contribution in [0.1, 0.15) is 13.3 Å². The van der Waals surface area contributed by atoms with Crippen LogP contribution in [0, 0.1) is 0 Å². The Bertz CT molecular complexity index is 397. The number of aliphatic hydroxyl groups excluding tert-OH is 1. The Labute approximate surface area is 111 Å². The zero-order chi connectivity index (χ0) is 14.9. The second-order valence-electron chi connectivity index (χ2n) is 3.62. The Morgan fingerprint density at radius 1 is 1.32 bits per heavy atom. The second kappa shape index (κ2) is 8.67. The third-order valence-electron chi connectivity index (χ3n) is 2.04. The summed E-state index contributed by atoms with van der Waals surface area (Å²) in [6.45, 7) is 1.36. The standard InChI is InChI=1S/C9H19N3O6S/c1-2-11-19(17,18)6-4-10-9(16)12-7(3-5-13)8(14)15/h7,11,13H,2-6H2,1H3,(H,14,15)(H2,10,12,16)/t7-/m0/s1. The van der Waals surface area contributed by atoms with Crippen LogP contribution in [0.4, 0.5) is 4.79 Å².